The van der Waals surface area contributed by atoms with E-state index in [9.17, 15) is 4.79 Å². The van der Waals surface area contributed by atoms with Crippen LogP contribution in [0.2, 0.25) is 0 Å². The van der Waals surface area contributed by atoms with Gasteiger partial charge in [-0.25, -0.2) is 0 Å². The molecule has 0 radical (unpaired) electrons. The minimum absolute atomic E-state index is 0.0350. The topological polar surface area (TPSA) is 72.5 Å². The molecule has 4 nitrogen and oxygen atoms in total. The van der Waals surface area contributed by atoms with Gasteiger partial charge in [0.25, 0.3) is 0 Å². The third-order valence-corrected chi connectivity index (χ3v) is 3.96. The minimum Gasteiger partial charge on any atom is -0.481 e. The third-order valence-electron chi connectivity index (χ3n) is 3.96. The number of carboxylic acid groups (broad SMARTS) is 1. The van der Waals surface area contributed by atoms with Crippen LogP contribution in [0, 0.1) is 0 Å². The maximum Gasteiger partial charge on any atom is 0.307 e. The Bertz CT molecular complexity index is 453. The van der Waals surface area contributed by atoms with Gasteiger partial charge in [0.05, 0.1) is 19.6 Å². The zero-order valence-electron chi connectivity index (χ0n) is 11.8. The van der Waals surface area contributed by atoms with E-state index in [-0.39, 0.29) is 12.0 Å². The Morgan fingerprint density at radius 2 is 1.85 bits per heavy atom. The van der Waals surface area contributed by atoms with Crippen molar-refractivity contribution in [1.82, 2.24) is 0 Å². The average Bonchev–Trinajstić information content (AvgIpc) is 2.41. The maximum absolute atomic E-state index is 10.8. The standard InChI is InChI=1S/C16H23NO3/c17-16(8-4-1-5-9-16)12-20-11-14-7-3-2-6-13(14)10-15(18)19/h2-3,6-7H,1,4-5,8-12,17H2,(H,18,19). The van der Waals surface area contributed by atoms with E-state index in [4.69, 9.17) is 15.6 Å². The van der Waals surface area contributed by atoms with Gasteiger partial charge in [0.2, 0.25) is 0 Å². The van der Waals surface area contributed by atoms with E-state index in [0.717, 1.165) is 24.0 Å². The van der Waals surface area contributed by atoms with Gasteiger partial charge in [-0.15, -0.1) is 0 Å². The van der Waals surface area contributed by atoms with E-state index >= 15 is 0 Å². The molecule has 20 heavy (non-hydrogen) atoms. The van der Waals surface area contributed by atoms with Gasteiger partial charge in [0.15, 0.2) is 0 Å². The van der Waals surface area contributed by atoms with Crippen LogP contribution in [0.25, 0.3) is 0 Å². The molecule has 1 aromatic carbocycles. The van der Waals surface area contributed by atoms with Crippen LogP contribution in [0.5, 0.6) is 0 Å². The average molecular weight is 277 g/mol. The number of benzene rings is 1. The Kier molecular flexibility index (Phi) is 5.15. The molecule has 1 aromatic rings. The molecule has 1 aliphatic carbocycles. The highest BCUT2D eigenvalue weighted by Crippen LogP contribution is 2.26. The van der Waals surface area contributed by atoms with E-state index in [2.05, 4.69) is 0 Å². The molecular weight excluding hydrogens is 254 g/mol. The van der Waals surface area contributed by atoms with Gasteiger partial charge in [-0.3, -0.25) is 4.79 Å². The van der Waals surface area contributed by atoms with Gasteiger partial charge in [0.1, 0.15) is 0 Å². The molecule has 0 spiro atoms. The van der Waals surface area contributed by atoms with Crippen molar-refractivity contribution in [2.24, 2.45) is 5.73 Å². The SMILES string of the molecule is NC1(COCc2ccccc2CC(=O)O)CCCCC1. The lowest BCUT2D eigenvalue weighted by molar-refractivity contribution is -0.136. The summed E-state index contributed by atoms with van der Waals surface area (Å²) in [7, 11) is 0. The fraction of sp³-hybridized carbons (Fsp3) is 0.562. The van der Waals surface area contributed by atoms with Crippen LogP contribution in [0.4, 0.5) is 0 Å². The number of carboxylic acids is 1. The van der Waals surface area contributed by atoms with Crippen molar-refractivity contribution in [3.05, 3.63) is 35.4 Å². The summed E-state index contributed by atoms with van der Waals surface area (Å²) in [6.07, 6.45) is 5.69. The molecule has 3 N–H and O–H groups in total. The highest BCUT2D eigenvalue weighted by atomic mass is 16.5. The first-order valence-corrected chi connectivity index (χ1v) is 7.24. The highest BCUT2D eigenvalue weighted by molar-refractivity contribution is 5.70. The Balaban J connectivity index is 1.89. The van der Waals surface area contributed by atoms with E-state index in [1.54, 1.807) is 0 Å². The number of ether oxygens (including phenoxy) is 1. The number of carbonyl (C=O) groups is 1. The molecular formula is C16H23NO3. The fourth-order valence-electron chi connectivity index (χ4n) is 2.80. The molecule has 110 valence electrons. The van der Waals surface area contributed by atoms with E-state index in [1.165, 1.54) is 19.3 Å². The number of nitrogens with two attached hydrogens (primary N) is 1. The molecule has 1 fully saturated rings. The number of aliphatic carboxylic acids is 1. The smallest absolute Gasteiger partial charge is 0.307 e. The summed E-state index contributed by atoms with van der Waals surface area (Å²) in [4.78, 5) is 10.8. The van der Waals surface area contributed by atoms with Crippen LogP contribution >= 0.6 is 0 Å². The molecule has 0 heterocycles. The van der Waals surface area contributed by atoms with Crippen molar-refractivity contribution in [2.75, 3.05) is 6.61 Å². The molecule has 0 amide bonds. The first kappa shape index (κ1) is 15.0. The van der Waals surface area contributed by atoms with Crippen LogP contribution in [0.15, 0.2) is 24.3 Å². The normalized spacial score (nSPS) is 17.9. The van der Waals surface area contributed by atoms with Crippen molar-refractivity contribution in [3.8, 4) is 0 Å². The summed E-state index contributed by atoms with van der Waals surface area (Å²) >= 11 is 0. The van der Waals surface area contributed by atoms with Crippen molar-refractivity contribution in [1.29, 1.82) is 0 Å². The summed E-state index contributed by atoms with van der Waals surface area (Å²) in [5, 5.41) is 8.90. The van der Waals surface area contributed by atoms with Gasteiger partial charge in [-0.1, -0.05) is 43.5 Å². The predicted molar refractivity (Wildman–Crippen MR) is 77.4 cm³/mol. The summed E-state index contributed by atoms with van der Waals surface area (Å²) < 4.78 is 5.77. The van der Waals surface area contributed by atoms with Crippen molar-refractivity contribution >= 4 is 5.97 Å². The molecule has 0 bridgehead atoms. The van der Waals surface area contributed by atoms with Crippen molar-refractivity contribution in [2.45, 2.75) is 50.7 Å². The molecule has 0 aliphatic heterocycles. The summed E-state index contributed by atoms with van der Waals surface area (Å²) in [5.74, 6) is -0.819. The summed E-state index contributed by atoms with van der Waals surface area (Å²) in [5.41, 5.74) is 7.88. The third kappa shape index (κ3) is 4.32. The minimum atomic E-state index is -0.819. The van der Waals surface area contributed by atoms with Gasteiger partial charge >= 0.3 is 5.97 Å². The quantitative estimate of drug-likeness (QED) is 0.838. The van der Waals surface area contributed by atoms with E-state index < -0.39 is 5.97 Å². The Hall–Kier alpha value is -1.39. The lowest BCUT2D eigenvalue weighted by Crippen LogP contribution is -2.46. The summed E-state index contributed by atoms with van der Waals surface area (Å²) in [6, 6.07) is 7.52. The van der Waals surface area contributed by atoms with Crippen molar-refractivity contribution < 1.29 is 14.6 Å². The van der Waals surface area contributed by atoms with Crippen LogP contribution in [0.3, 0.4) is 0 Å². The number of rotatable bonds is 6. The lowest BCUT2D eigenvalue weighted by Gasteiger charge is -2.33. The van der Waals surface area contributed by atoms with Crippen LogP contribution in [-0.4, -0.2) is 23.2 Å². The zero-order chi connectivity index (χ0) is 14.4. The van der Waals surface area contributed by atoms with Crippen LogP contribution in [0.1, 0.15) is 43.2 Å². The first-order valence-electron chi connectivity index (χ1n) is 7.24. The molecule has 0 atom stereocenters. The van der Waals surface area contributed by atoms with Gasteiger partial charge in [-0.2, -0.15) is 0 Å². The predicted octanol–water partition coefficient (Wildman–Crippen LogP) is 2.49. The van der Waals surface area contributed by atoms with Gasteiger partial charge in [-0.05, 0) is 24.0 Å². The Morgan fingerprint density at radius 3 is 2.50 bits per heavy atom. The molecule has 1 aliphatic rings. The number of hydrogen-bond acceptors (Lipinski definition) is 3. The number of hydrogen-bond donors (Lipinski definition) is 2. The van der Waals surface area contributed by atoms with E-state index in [1.807, 2.05) is 24.3 Å². The molecule has 0 saturated heterocycles. The molecule has 4 heteroatoms. The van der Waals surface area contributed by atoms with Crippen LogP contribution in [-0.2, 0) is 22.6 Å². The second kappa shape index (κ2) is 6.86. The summed E-state index contributed by atoms with van der Waals surface area (Å²) in [6.45, 7) is 0.983. The largest absolute Gasteiger partial charge is 0.481 e. The van der Waals surface area contributed by atoms with Crippen LogP contribution < -0.4 is 5.73 Å². The zero-order valence-corrected chi connectivity index (χ0v) is 11.8. The maximum atomic E-state index is 10.8. The monoisotopic (exact) mass is 277 g/mol. The first-order chi connectivity index (χ1) is 9.59. The molecule has 0 aromatic heterocycles. The lowest BCUT2D eigenvalue weighted by atomic mass is 9.83. The highest BCUT2D eigenvalue weighted by Gasteiger charge is 2.27. The van der Waals surface area contributed by atoms with Crippen molar-refractivity contribution in [3.63, 3.8) is 0 Å². The molecule has 1 saturated carbocycles. The van der Waals surface area contributed by atoms with E-state index in [0.29, 0.717) is 13.2 Å². The Morgan fingerprint density at radius 1 is 1.20 bits per heavy atom. The fourth-order valence-corrected chi connectivity index (χ4v) is 2.80. The second-order valence-electron chi connectivity index (χ2n) is 5.76. The van der Waals surface area contributed by atoms with Gasteiger partial charge in [0, 0.05) is 5.54 Å². The second-order valence-corrected chi connectivity index (χ2v) is 5.76. The molecule has 2 rings (SSSR count). The Labute approximate surface area is 119 Å². The van der Waals surface area contributed by atoms with Gasteiger partial charge < -0.3 is 15.6 Å². The molecule has 0 unspecified atom stereocenters.